The van der Waals surface area contributed by atoms with Gasteiger partial charge in [-0.25, -0.2) is 0 Å². The first-order valence-corrected chi connectivity index (χ1v) is 6.78. The van der Waals surface area contributed by atoms with Gasteiger partial charge in [0.05, 0.1) is 18.4 Å². The molecule has 1 aromatic rings. The number of aromatic nitrogens is 2. The maximum Gasteiger partial charge on any atom is 0.0719 e. The molecule has 1 atom stereocenters. The second-order valence-corrected chi connectivity index (χ2v) is 5.08. The molecule has 17 heavy (non-hydrogen) atoms. The summed E-state index contributed by atoms with van der Waals surface area (Å²) in [7, 11) is 0. The fourth-order valence-corrected chi connectivity index (χ4v) is 2.60. The van der Waals surface area contributed by atoms with E-state index in [-0.39, 0.29) is 0 Å². The largest absolute Gasteiger partial charge is 0.396 e. The second-order valence-electron chi connectivity index (χ2n) is 5.08. The molecule has 1 aliphatic rings. The SMILES string of the molecule is CCC1CCCN(CCn2cc(N)cn2)CC1. The number of nitrogens with zero attached hydrogens (tertiary/aromatic N) is 3. The Morgan fingerprint density at radius 3 is 2.94 bits per heavy atom. The number of hydrogen-bond donors (Lipinski definition) is 1. The van der Waals surface area contributed by atoms with Crippen LogP contribution < -0.4 is 5.73 Å². The fourth-order valence-electron chi connectivity index (χ4n) is 2.60. The Morgan fingerprint density at radius 2 is 2.24 bits per heavy atom. The van der Waals surface area contributed by atoms with E-state index in [1.54, 1.807) is 6.20 Å². The van der Waals surface area contributed by atoms with Crippen LogP contribution in [-0.4, -0.2) is 34.3 Å². The molecule has 1 saturated heterocycles. The van der Waals surface area contributed by atoms with Crippen LogP contribution in [0.15, 0.2) is 12.4 Å². The topological polar surface area (TPSA) is 47.1 Å². The van der Waals surface area contributed by atoms with E-state index < -0.39 is 0 Å². The first kappa shape index (κ1) is 12.4. The molecule has 0 bridgehead atoms. The number of anilines is 1. The highest BCUT2D eigenvalue weighted by Gasteiger charge is 2.15. The van der Waals surface area contributed by atoms with E-state index in [9.17, 15) is 0 Å². The van der Waals surface area contributed by atoms with Crippen LogP contribution in [0.3, 0.4) is 0 Å². The Bertz CT molecular complexity index is 334. The maximum atomic E-state index is 5.65. The van der Waals surface area contributed by atoms with Crippen molar-refractivity contribution in [2.24, 2.45) is 5.92 Å². The van der Waals surface area contributed by atoms with E-state index >= 15 is 0 Å². The zero-order valence-electron chi connectivity index (χ0n) is 10.8. The van der Waals surface area contributed by atoms with E-state index in [0.29, 0.717) is 0 Å². The molecule has 0 aliphatic carbocycles. The zero-order valence-corrected chi connectivity index (χ0v) is 10.8. The summed E-state index contributed by atoms with van der Waals surface area (Å²) in [6, 6.07) is 0. The summed E-state index contributed by atoms with van der Waals surface area (Å²) in [4.78, 5) is 2.56. The molecule has 0 radical (unpaired) electrons. The van der Waals surface area contributed by atoms with Crippen molar-refractivity contribution in [2.45, 2.75) is 39.2 Å². The summed E-state index contributed by atoms with van der Waals surface area (Å²) in [5, 5.41) is 4.22. The van der Waals surface area contributed by atoms with Gasteiger partial charge in [-0.3, -0.25) is 4.68 Å². The Balaban J connectivity index is 1.75. The lowest BCUT2D eigenvalue weighted by Crippen LogP contribution is -2.28. The minimum absolute atomic E-state index is 0.756. The average molecular weight is 236 g/mol. The normalized spacial score (nSPS) is 22.5. The van der Waals surface area contributed by atoms with Crippen molar-refractivity contribution in [1.82, 2.24) is 14.7 Å². The van der Waals surface area contributed by atoms with Crippen LogP contribution in [0, 0.1) is 5.92 Å². The van der Waals surface area contributed by atoms with Crippen molar-refractivity contribution in [3.05, 3.63) is 12.4 Å². The van der Waals surface area contributed by atoms with Gasteiger partial charge < -0.3 is 10.6 Å². The van der Waals surface area contributed by atoms with Gasteiger partial charge in [0.15, 0.2) is 0 Å². The van der Waals surface area contributed by atoms with Gasteiger partial charge >= 0.3 is 0 Å². The molecule has 2 heterocycles. The fraction of sp³-hybridized carbons (Fsp3) is 0.769. The van der Waals surface area contributed by atoms with Gasteiger partial charge in [0.25, 0.3) is 0 Å². The van der Waals surface area contributed by atoms with E-state index in [2.05, 4.69) is 16.9 Å². The summed E-state index contributed by atoms with van der Waals surface area (Å²) in [5.41, 5.74) is 6.41. The number of nitrogens with two attached hydrogens (primary N) is 1. The lowest BCUT2D eigenvalue weighted by Gasteiger charge is -2.19. The molecule has 0 amide bonds. The molecule has 96 valence electrons. The number of nitrogen functional groups attached to an aromatic ring is 1. The lowest BCUT2D eigenvalue weighted by atomic mass is 9.98. The standard InChI is InChI=1S/C13H24N4/c1-2-12-4-3-6-16(7-5-12)8-9-17-11-13(14)10-15-17/h10-12H,2-9,14H2,1H3. The predicted molar refractivity (Wildman–Crippen MR) is 70.7 cm³/mol. The Labute approximate surface area is 104 Å². The molecule has 2 rings (SSSR count). The monoisotopic (exact) mass is 236 g/mol. The van der Waals surface area contributed by atoms with Crippen molar-refractivity contribution < 1.29 is 0 Å². The third kappa shape index (κ3) is 3.73. The molecule has 0 spiro atoms. The van der Waals surface area contributed by atoms with E-state index in [1.807, 2.05) is 10.9 Å². The molecule has 1 fully saturated rings. The minimum Gasteiger partial charge on any atom is -0.396 e. The van der Waals surface area contributed by atoms with Gasteiger partial charge in [-0.2, -0.15) is 5.10 Å². The first-order chi connectivity index (χ1) is 8.28. The minimum atomic E-state index is 0.756. The molecule has 4 heteroatoms. The Kier molecular flexibility index (Phi) is 4.42. The van der Waals surface area contributed by atoms with E-state index in [4.69, 9.17) is 5.73 Å². The van der Waals surface area contributed by atoms with Crippen LogP contribution in [0.1, 0.15) is 32.6 Å². The molecule has 1 aliphatic heterocycles. The Morgan fingerprint density at radius 1 is 1.35 bits per heavy atom. The third-order valence-electron chi connectivity index (χ3n) is 3.82. The number of likely N-dealkylation sites (tertiary alicyclic amines) is 1. The van der Waals surface area contributed by atoms with E-state index in [1.165, 1.54) is 38.8 Å². The summed E-state index contributed by atoms with van der Waals surface area (Å²) < 4.78 is 1.94. The van der Waals surface area contributed by atoms with E-state index in [0.717, 1.165) is 24.7 Å². The van der Waals surface area contributed by atoms with Gasteiger partial charge in [-0.05, 0) is 38.3 Å². The Hall–Kier alpha value is -1.03. The van der Waals surface area contributed by atoms with Crippen molar-refractivity contribution in [3.8, 4) is 0 Å². The van der Waals surface area contributed by atoms with Crippen molar-refractivity contribution in [1.29, 1.82) is 0 Å². The summed E-state index contributed by atoms with van der Waals surface area (Å²) in [5.74, 6) is 0.945. The first-order valence-electron chi connectivity index (χ1n) is 6.78. The molecule has 0 aromatic carbocycles. The van der Waals surface area contributed by atoms with Gasteiger partial charge in [0.2, 0.25) is 0 Å². The van der Waals surface area contributed by atoms with Gasteiger partial charge in [-0.1, -0.05) is 13.3 Å². The number of rotatable bonds is 4. The second kappa shape index (κ2) is 6.05. The molecular weight excluding hydrogens is 212 g/mol. The number of hydrogen-bond acceptors (Lipinski definition) is 3. The van der Waals surface area contributed by atoms with Crippen LogP contribution in [-0.2, 0) is 6.54 Å². The van der Waals surface area contributed by atoms with Crippen LogP contribution >= 0.6 is 0 Å². The summed E-state index contributed by atoms with van der Waals surface area (Å²) >= 11 is 0. The predicted octanol–water partition coefficient (Wildman–Crippen LogP) is 1.98. The highest BCUT2D eigenvalue weighted by molar-refractivity contribution is 5.30. The molecule has 1 unspecified atom stereocenters. The zero-order chi connectivity index (χ0) is 12.1. The molecule has 4 nitrogen and oxygen atoms in total. The van der Waals surface area contributed by atoms with Crippen molar-refractivity contribution in [2.75, 3.05) is 25.4 Å². The highest BCUT2D eigenvalue weighted by Crippen LogP contribution is 2.19. The average Bonchev–Trinajstić information content (AvgIpc) is 2.63. The van der Waals surface area contributed by atoms with Crippen LogP contribution in [0.5, 0.6) is 0 Å². The summed E-state index contributed by atoms with van der Waals surface area (Å²) in [6.07, 6.45) is 9.07. The van der Waals surface area contributed by atoms with Gasteiger partial charge in [-0.15, -0.1) is 0 Å². The van der Waals surface area contributed by atoms with Crippen molar-refractivity contribution in [3.63, 3.8) is 0 Å². The maximum absolute atomic E-state index is 5.65. The van der Waals surface area contributed by atoms with Gasteiger partial charge in [0.1, 0.15) is 0 Å². The van der Waals surface area contributed by atoms with Crippen LogP contribution in [0.4, 0.5) is 5.69 Å². The smallest absolute Gasteiger partial charge is 0.0719 e. The molecule has 2 N–H and O–H groups in total. The lowest BCUT2D eigenvalue weighted by molar-refractivity contribution is 0.264. The van der Waals surface area contributed by atoms with Crippen molar-refractivity contribution >= 4 is 5.69 Å². The molecule has 1 aromatic heterocycles. The summed E-state index contributed by atoms with van der Waals surface area (Å²) in [6.45, 7) is 6.85. The van der Waals surface area contributed by atoms with Gasteiger partial charge in [0, 0.05) is 12.7 Å². The molecule has 0 saturated carbocycles. The van der Waals surface area contributed by atoms with Crippen LogP contribution in [0.25, 0.3) is 0 Å². The molecular formula is C13H24N4. The highest BCUT2D eigenvalue weighted by atomic mass is 15.3. The quantitative estimate of drug-likeness (QED) is 0.869. The third-order valence-corrected chi connectivity index (χ3v) is 3.82. The van der Waals surface area contributed by atoms with Crippen LogP contribution in [0.2, 0.25) is 0 Å².